The lowest BCUT2D eigenvalue weighted by molar-refractivity contribution is 0.299. The van der Waals surface area contributed by atoms with Gasteiger partial charge in [-0.1, -0.05) is 76.6 Å². The largest absolute Gasteiger partial charge is 0.508 e. The van der Waals surface area contributed by atoms with Gasteiger partial charge in [-0.2, -0.15) is 0 Å². The van der Waals surface area contributed by atoms with Crippen molar-refractivity contribution in [3.63, 3.8) is 0 Å². The number of phenolic OH excluding ortho intramolecular Hbond substituents is 2. The molecule has 0 radical (unpaired) electrons. The van der Waals surface area contributed by atoms with Crippen LogP contribution in [0.2, 0.25) is 0 Å². The summed E-state index contributed by atoms with van der Waals surface area (Å²) in [4.78, 5) is 0. The van der Waals surface area contributed by atoms with Gasteiger partial charge in [-0.05, 0) is 60.4 Å². The van der Waals surface area contributed by atoms with Crippen LogP contribution >= 0.6 is 0 Å². The topological polar surface area (TPSA) is 58.9 Å². The van der Waals surface area contributed by atoms with Crippen LogP contribution in [0.15, 0.2) is 60.7 Å². The van der Waals surface area contributed by atoms with Crippen molar-refractivity contribution in [2.45, 2.75) is 65.2 Å². The van der Waals surface area contributed by atoms with Crippen LogP contribution in [-0.2, 0) is 0 Å². The number of unbranched alkanes of at least 4 members (excludes halogenated alkanes) is 6. The monoisotopic (exact) mass is 462 g/mol. The molecule has 0 aromatic heterocycles. The van der Waals surface area contributed by atoms with E-state index >= 15 is 0 Å². The molecule has 0 aliphatic heterocycles. The van der Waals surface area contributed by atoms with Gasteiger partial charge < -0.3 is 19.7 Å². The maximum atomic E-state index is 9.78. The second-order valence-electron chi connectivity index (χ2n) is 8.76. The molecule has 3 aromatic rings. The Morgan fingerprint density at radius 2 is 0.912 bits per heavy atom. The minimum absolute atomic E-state index is 0.235. The van der Waals surface area contributed by atoms with Crippen LogP contribution in [0, 0.1) is 0 Å². The number of rotatable bonds is 14. The molecule has 0 saturated carbocycles. The Kier molecular flexibility index (Phi) is 10.1. The first-order valence-electron chi connectivity index (χ1n) is 12.6. The quantitative estimate of drug-likeness (QED) is 0.236. The van der Waals surface area contributed by atoms with Gasteiger partial charge in [0.1, 0.15) is 23.0 Å². The molecule has 0 aliphatic carbocycles. The molecule has 2 N–H and O–H groups in total. The predicted molar refractivity (Wildman–Crippen MR) is 140 cm³/mol. The van der Waals surface area contributed by atoms with E-state index in [0.717, 1.165) is 59.4 Å². The van der Waals surface area contributed by atoms with Gasteiger partial charge in [0.2, 0.25) is 0 Å². The summed E-state index contributed by atoms with van der Waals surface area (Å²) in [5.41, 5.74) is 3.83. The molecule has 4 heteroatoms. The molecule has 0 bridgehead atoms. The Bertz CT molecular complexity index is 910. The number of benzene rings is 3. The Labute approximate surface area is 204 Å². The van der Waals surface area contributed by atoms with Gasteiger partial charge in [0.05, 0.1) is 13.2 Å². The Morgan fingerprint density at radius 1 is 0.529 bits per heavy atom. The lowest BCUT2D eigenvalue weighted by Crippen LogP contribution is -2.03. The van der Waals surface area contributed by atoms with Crippen molar-refractivity contribution in [1.29, 1.82) is 0 Å². The van der Waals surface area contributed by atoms with Gasteiger partial charge in [-0.3, -0.25) is 0 Å². The van der Waals surface area contributed by atoms with E-state index in [0.29, 0.717) is 13.2 Å². The van der Waals surface area contributed by atoms with E-state index in [1.807, 2.05) is 24.3 Å². The van der Waals surface area contributed by atoms with E-state index in [2.05, 4.69) is 26.0 Å². The first kappa shape index (κ1) is 25.5. The summed E-state index contributed by atoms with van der Waals surface area (Å²) in [7, 11) is 0. The summed E-state index contributed by atoms with van der Waals surface area (Å²) in [5, 5.41) is 19.6. The molecule has 34 heavy (non-hydrogen) atoms. The summed E-state index contributed by atoms with van der Waals surface area (Å²) in [6.07, 6.45) is 9.10. The van der Waals surface area contributed by atoms with E-state index in [9.17, 15) is 10.2 Å². The molecule has 0 aliphatic rings. The van der Waals surface area contributed by atoms with Crippen LogP contribution in [0.3, 0.4) is 0 Å². The van der Waals surface area contributed by atoms with Crippen molar-refractivity contribution in [3.8, 4) is 45.3 Å². The summed E-state index contributed by atoms with van der Waals surface area (Å²) < 4.78 is 12.6. The number of hydrogen-bond donors (Lipinski definition) is 2. The van der Waals surface area contributed by atoms with Gasteiger partial charge in [0.25, 0.3) is 0 Å². The third-order valence-corrected chi connectivity index (χ3v) is 5.95. The van der Waals surface area contributed by atoms with Gasteiger partial charge in [-0.25, -0.2) is 0 Å². The Morgan fingerprint density at radius 3 is 1.26 bits per heavy atom. The molecular weight excluding hydrogens is 424 g/mol. The third-order valence-electron chi connectivity index (χ3n) is 5.95. The minimum Gasteiger partial charge on any atom is -0.508 e. The van der Waals surface area contributed by atoms with Crippen molar-refractivity contribution in [2.75, 3.05) is 13.2 Å². The predicted octanol–water partition coefficient (Wildman–Crippen LogP) is 8.35. The zero-order chi connectivity index (χ0) is 24.2. The molecule has 3 aromatic carbocycles. The van der Waals surface area contributed by atoms with Gasteiger partial charge in [0.15, 0.2) is 0 Å². The van der Waals surface area contributed by atoms with Crippen LogP contribution in [0.25, 0.3) is 22.3 Å². The number of ether oxygens (including phenoxy) is 2. The van der Waals surface area contributed by atoms with Crippen LogP contribution in [0.4, 0.5) is 0 Å². The summed E-state index contributed by atoms with van der Waals surface area (Å²) in [6.45, 7) is 5.71. The average molecular weight is 463 g/mol. The van der Waals surface area contributed by atoms with Crippen molar-refractivity contribution in [3.05, 3.63) is 60.7 Å². The fourth-order valence-electron chi connectivity index (χ4n) is 3.95. The maximum absolute atomic E-state index is 9.78. The SMILES string of the molecule is CCCCCCOc1cc(-c2ccc(O)cc2)c(OCCCCCC)cc1-c1ccc(O)cc1. The first-order valence-corrected chi connectivity index (χ1v) is 12.6. The third kappa shape index (κ3) is 7.44. The zero-order valence-electron chi connectivity index (χ0n) is 20.6. The van der Waals surface area contributed by atoms with Crippen LogP contribution < -0.4 is 9.47 Å². The molecule has 0 amide bonds. The fraction of sp³-hybridized carbons (Fsp3) is 0.400. The number of hydrogen-bond acceptors (Lipinski definition) is 4. The van der Waals surface area contributed by atoms with Gasteiger partial charge in [-0.15, -0.1) is 0 Å². The molecule has 182 valence electrons. The second kappa shape index (κ2) is 13.5. The van der Waals surface area contributed by atoms with E-state index in [-0.39, 0.29) is 11.5 Å². The lowest BCUT2D eigenvalue weighted by atomic mass is 9.97. The molecule has 0 spiro atoms. The standard InChI is InChI=1S/C30H38O4/c1-3-5-7-9-19-33-29-21-28(24-13-17-26(32)18-14-24)30(34-20-10-8-6-4-2)22-27(29)23-11-15-25(31)16-12-23/h11-18,21-22,31-32H,3-10,19-20H2,1-2H3. The molecular formula is C30H38O4. The Hall–Kier alpha value is -3.14. The average Bonchev–Trinajstić information content (AvgIpc) is 2.85. The molecule has 0 saturated heterocycles. The molecule has 3 rings (SSSR count). The Balaban J connectivity index is 1.97. The lowest BCUT2D eigenvalue weighted by Gasteiger charge is -2.18. The fourth-order valence-corrected chi connectivity index (χ4v) is 3.95. The number of aromatic hydroxyl groups is 2. The van der Waals surface area contributed by atoms with E-state index in [1.54, 1.807) is 24.3 Å². The molecule has 4 nitrogen and oxygen atoms in total. The molecule has 0 heterocycles. The highest BCUT2D eigenvalue weighted by atomic mass is 16.5. The highest BCUT2D eigenvalue weighted by molar-refractivity contribution is 5.81. The van der Waals surface area contributed by atoms with Crippen LogP contribution in [-0.4, -0.2) is 23.4 Å². The second-order valence-corrected chi connectivity index (χ2v) is 8.76. The van der Waals surface area contributed by atoms with Gasteiger partial charge in [0, 0.05) is 11.1 Å². The normalized spacial score (nSPS) is 10.9. The van der Waals surface area contributed by atoms with Crippen molar-refractivity contribution in [1.82, 2.24) is 0 Å². The van der Waals surface area contributed by atoms with Crippen molar-refractivity contribution >= 4 is 0 Å². The summed E-state index contributed by atoms with van der Waals surface area (Å²) >= 11 is 0. The zero-order valence-corrected chi connectivity index (χ0v) is 20.6. The molecule has 0 fully saturated rings. The smallest absolute Gasteiger partial charge is 0.128 e. The summed E-state index contributed by atoms with van der Waals surface area (Å²) in [6, 6.07) is 18.5. The van der Waals surface area contributed by atoms with Crippen LogP contribution in [0.1, 0.15) is 65.2 Å². The summed E-state index contributed by atoms with van der Waals surface area (Å²) in [5.74, 6) is 2.06. The van der Waals surface area contributed by atoms with E-state index in [1.165, 1.54) is 25.7 Å². The van der Waals surface area contributed by atoms with Gasteiger partial charge >= 0.3 is 0 Å². The molecule has 0 atom stereocenters. The highest BCUT2D eigenvalue weighted by Gasteiger charge is 2.16. The van der Waals surface area contributed by atoms with E-state index < -0.39 is 0 Å². The number of phenols is 2. The maximum Gasteiger partial charge on any atom is 0.128 e. The van der Waals surface area contributed by atoms with Crippen molar-refractivity contribution < 1.29 is 19.7 Å². The van der Waals surface area contributed by atoms with Crippen molar-refractivity contribution in [2.24, 2.45) is 0 Å². The highest BCUT2D eigenvalue weighted by Crippen LogP contribution is 2.42. The molecule has 0 unspecified atom stereocenters. The van der Waals surface area contributed by atoms with E-state index in [4.69, 9.17) is 9.47 Å². The first-order chi connectivity index (χ1) is 16.6. The van der Waals surface area contributed by atoms with Crippen LogP contribution in [0.5, 0.6) is 23.0 Å². The minimum atomic E-state index is 0.235.